The average molecular weight is 184 g/mol. The molecule has 1 aromatic rings. The Balaban J connectivity index is 0.000000720. The second kappa shape index (κ2) is 3.54. The van der Waals surface area contributed by atoms with E-state index < -0.39 is 0 Å². The maximum absolute atomic E-state index is 4.48. The lowest BCUT2D eigenvalue weighted by atomic mass is 10.2. The normalized spacial score (nSPS) is 16.8. The Labute approximate surface area is 78.2 Å². The minimum atomic E-state index is 0. The lowest BCUT2D eigenvalue weighted by molar-refractivity contribution is 0.314. The summed E-state index contributed by atoms with van der Waals surface area (Å²) in [6, 6.07) is 0. The summed E-state index contributed by atoms with van der Waals surface area (Å²) in [4.78, 5) is 8.29. The molecule has 2 heterocycles. The molecule has 0 radical (unpaired) electrons. The molecule has 0 fully saturated rings. The Bertz CT molecular complexity index is 267. The average Bonchev–Trinajstić information content (AvgIpc) is 2.27. The first-order chi connectivity index (χ1) is 5.25. The topological polar surface area (TPSA) is 16.1 Å². The van der Waals surface area contributed by atoms with Gasteiger partial charge in [0.1, 0.15) is 0 Å². The molecule has 0 atom stereocenters. The largest absolute Gasteiger partial charge is 0.301 e. The first-order valence-electron chi connectivity index (χ1n) is 3.89. The molecule has 0 N–H and O–H groups in total. The SMILES string of the molecule is C.Cc1nc2c(s1)CN(C)CC2. The van der Waals surface area contributed by atoms with E-state index in [1.807, 2.05) is 11.3 Å². The second-order valence-corrected chi connectivity index (χ2v) is 4.38. The highest BCUT2D eigenvalue weighted by Crippen LogP contribution is 2.23. The summed E-state index contributed by atoms with van der Waals surface area (Å²) in [6.45, 7) is 4.35. The van der Waals surface area contributed by atoms with Gasteiger partial charge >= 0.3 is 0 Å². The maximum atomic E-state index is 4.48. The van der Waals surface area contributed by atoms with Crippen LogP contribution in [0.3, 0.4) is 0 Å². The number of hydrogen-bond acceptors (Lipinski definition) is 3. The third-order valence-corrected chi connectivity index (χ3v) is 3.03. The lowest BCUT2D eigenvalue weighted by Crippen LogP contribution is -2.25. The Morgan fingerprint density at radius 3 is 3.00 bits per heavy atom. The maximum Gasteiger partial charge on any atom is 0.0900 e. The Morgan fingerprint density at radius 2 is 2.25 bits per heavy atom. The van der Waals surface area contributed by atoms with Crippen LogP contribution >= 0.6 is 11.3 Å². The van der Waals surface area contributed by atoms with Gasteiger partial charge in [-0.05, 0) is 14.0 Å². The van der Waals surface area contributed by atoms with Gasteiger partial charge in [0.05, 0.1) is 10.7 Å². The van der Waals surface area contributed by atoms with Crippen LogP contribution in [0.5, 0.6) is 0 Å². The summed E-state index contributed by atoms with van der Waals surface area (Å²) in [5.74, 6) is 0. The molecule has 0 saturated heterocycles. The zero-order valence-electron chi connectivity index (χ0n) is 6.92. The highest BCUT2D eigenvalue weighted by molar-refractivity contribution is 7.11. The van der Waals surface area contributed by atoms with Gasteiger partial charge in [-0.2, -0.15) is 0 Å². The minimum Gasteiger partial charge on any atom is -0.301 e. The van der Waals surface area contributed by atoms with Crippen LogP contribution in [0.1, 0.15) is 23.0 Å². The Morgan fingerprint density at radius 1 is 1.50 bits per heavy atom. The van der Waals surface area contributed by atoms with E-state index >= 15 is 0 Å². The van der Waals surface area contributed by atoms with Crippen molar-refractivity contribution in [1.29, 1.82) is 0 Å². The molecule has 2 nitrogen and oxygen atoms in total. The molecule has 0 unspecified atom stereocenters. The van der Waals surface area contributed by atoms with E-state index in [1.54, 1.807) is 0 Å². The minimum absolute atomic E-state index is 0. The molecule has 0 saturated carbocycles. The highest BCUT2D eigenvalue weighted by Gasteiger charge is 2.16. The van der Waals surface area contributed by atoms with Gasteiger partial charge in [-0.25, -0.2) is 4.98 Å². The van der Waals surface area contributed by atoms with Crippen LogP contribution in [0.2, 0.25) is 0 Å². The van der Waals surface area contributed by atoms with Crippen LogP contribution in [-0.2, 0) is 13.0 Å². The standard InChI is InChI=1S/C8H12N2S.CH4/c1-6-9-7-3-4-10(2)5-8(7)11-6;/h3-5H2,1-2H3;1H4. The second-order valence-electron chi connectivity index (χ2n) is 3.09. The number of rotatable bonds is 0. The lowest BCUT2D eigenvalue weighted by Gasteiger charge is -2.20. The molecule has 3 heteroatoms. The van der Waals surface area contributed by atoms with Crippen LogP contribution in [0, 0.1) is 6.92 Å². The molecule has 0 bridgehead atoms. The van der Waals surface area contributed by atoms with Crippen LogP contribution in [0.25, 0.3) is 0 Å². The third kappa shape index (κ3) is 1.67. The number of likely N-dealkylation sites (N-methyl/N-ethyl adjacent to an activating group) is 1. The van der Waals surface area contributed by atoms with E-state index in [0.717, 1.165) is 19.5 Å². The molecule has 1 aliphatic rings. The fraction of sp³-hybridized carbons (Fsp3) is 0.667. The quantitative estimate of drug-likeness (QED) is 0.613. The Hall–Kier alpha value is -0.410. The fourth-order valence-corrected chi connectivity index (χ4v) is 2.52. The first kappa shape index (κ1) is 9.68. The van der Waals surface area contributed by atoms with Gasteiger partial charge in [0, 0.05) is 24.4 Å². The number of thiazole rings is 1. The van der Waals surface area contributed by atoms with Gasteiger partial charge in [0.25, 0.3) is 0 Å². The highest BCUT2D eigenvalue weighted by atomic mass is 32.1. The first-order valence-corrected chi connectivity index (χ1v) is 4.71. The zero-order valence-corrected chi connectivity index (χ0v) is 7.74. The van der Waals surface area contributed by atoms with Crippen molar-refractivity contribution in [2.45, 2.75) is 27.3 Å². The summed E-state index contributed by atoms with van der Waals surface area (Å²) in [6.07, 6.45) is 1.14. The van der Waals surface area contributed by atoms with E-state index in [9.17, 15) is 0 Å². The van der Waals surface area contributed by atoms with Gasteiger partial charge in [-0.15, -0.1) is 11.3 Å². The molecular weight excluding hydrogens is 168 g/mol. The molecule has 0 spiro atoms. The number of nitrogens with zero attached hydrogens (tertiary/aromatic N) is 2. The Kier molecular flexibility index (Phi) is 2.85. The predicted molar refractivity (Wildman–Crippen MR) is 53.6 cm³/mol. The number of fused-ring (bicyclic) bond motifs is 1. The van der Waals surface area contributed by atoms with Crippen molar-refractivity contribution < 1.29 is 0 Å². The molecule has 0 aromatic carbocycles. The molecule has 68 valence electrons. The molecule has 0 aliphatic carbocycles. The van der Waals surface area contributed by atoms with Gasteiger partial charge in [0.2, 0.25) is 0 Å². The van der Waals surface area contributed by atoms with Gasteiger partial charge in [-0.3, -0.25) is 0 Å². The van der Waals surface area contributed by atoms with Crippen LogP contribution in [-0.4, -0.2) is 23.5 Å². The van der Waals surface area contributed by atoms with Gasteiger partial charge < -0.3 is 4.90 Å². The molecule has 1 aromatic heterocycles. The molecule has 0 amide bonds. The molecule has 2 rings (SSSR count). The summed E-state index contributed by atoms with van der Waals surface area (Å²) < 4.78 is 0. The van der Waals surface area contributed by atoms with E-state index in [-0.39, 0.29) is 7.43 Å². The van der Waals surface area contributed by atoms with Crippen LogP contribution in [0.4, 0.5) is 0 Å². The van der Waals surface area contributed by atoms with E-state index in [4.69, 9.17) is 0 Å². The van der Waals surface area contributed by atoms with E-state index in [1.165, 1.54) is 15.6 Å². The predicted octanol–water partition coefficient (Wildman–Crippen LogP) is 2.08. The number of aryl methyl sites for hydroxylation is 1. The summed E-state index contributed by atoms with van der Waals surface area (Å²) in [5.41, 5.74) is 1.34. The van der Waals surface area contributed by atoms with Crippen molar-refractivity contribution in [3.63, 3.8) is 0 Å². The van der Waals surface area contributed by atoms with Crippen LogP contribution < -0.4 is 0 Å². The molecular formula is C9H16N2S. The molecule has 12 heavy (non-hydrogen) atoms. The third-order valence-electron chi connectivity index (χ3n) is 2.03. The fourth-order valence-electron chi connectivity index (χ4n) is 1.45. The zero-order chi connectivity index (χ0) is 7.84. The van der Waals surface area contributed by atoms with Gasteiger partial charge in [0.15, 0.2) is 0 Å². The summed E-state index contributed by atoms with van der Waals surface area (Å²) in [7, 11) is 2.16. The van der Waals surface area contributed by atoms with Crippen molar-refractivity contribution in [2.75, 3.05) is 13.6 Å². The smallest absolute Gasteiger partial charge is 0.0900 e. The monoisotopic (exact) mass is 184 g/mol. The van der Waals surface area contributed by atoms with Crippen LogP contribution in [0.15, 0.2) is 0 Å². The molecule has 1 aliphatic heterocycles. The van der Waals surface area contributed by atoms with Crippen molar-refractivity contribution in [3.8, 4) is 0 Å². The van der Waals surface area contributed by atoms with Gasteiger partial charge in [-0.1, -0.05) is 7.43 Å². The van der Waals surface area contributed by atoms with Crippen molar-refractivity contribution in [3.05, 3.63) is 15.6 Å². The van der Waals surface area contributed by atoms with Crippen molar-refractivity contribution in [1.82, 2.24) is 9.88 Å². The number of hydrogen-bond donors (Lipinski definition) is 0. The number of aromatic nitrogens is 1. The summed E-state index contributed by atoms with van der Waals surface area (Å²) in [5, 5.41) is 1.21. The van der Waals surface area contributed by atoms with E-state index in [2.05, 4.69) is 23.9 Å². The van der Waals surface area contributed by atoms with Crippen molar-refractivity contribution in [2.24, 2.45) is 0 Å². The summed E-state index contributed by atoms with van der Waals surface area (Å²) >= 11 is 1.84. The van der Waals surface area contributed by atoms with E-state index in [0.29, 0.717) is 0 Å². The van der Waals surface area contributed by atoms with Crippen molar-refractivity contribution >= 4 is 11.3 Å².